The molecule has 0 saturated carbocycles. The largest absolute Gasteiger partial charge is 0.496 e. The molecule has 0 spiro atoms. The van der Waals surface area contributed by atoms with Crippen molar-refractivity contribution < 1.29 is 23.1 Å². The molecule has 7 heteroatoms. The molecule has 0 atom stereocenters. The van der Waals surface area contributed by atoms with Gasteiger partial charge in [0.1, 0.15) is 21.2 Å². The zero-order valence-electron chi connectivity index (χ0n) is 10.8. The number of carboxylic acids is 1. The van der Waals surface area contributed by atoms with Gasteiger partial charge >= 0.3 is 5.97 Å². The molecule has 0 aliphatic carbocycles. The van der Waals surface area contributed by atoms with Crippen LogP contribution < -0.4 is 4.74 Å². The Labute approximate surface area is 116 Å². The van der Waals surface area contributed by atoms with Crippen molar-refractivity contribution in [3.63, 3.8) is 0 Å². The van der Waals surface area contributed by atoms with Crippen LogP contribution in [-0.2, 0) is 15.6 Å². The fourth-order valence-corrected chi connectivity index (χ4v) is 3.64. The van der Waals surface area contributed by atoms with Crippen LogP contribution in [0.25, 0.3) is 0 Å². The summed E-state index contributed by atoms with van der Waals surface area (Å²) in [6, 6.07) is 4.87. The monoisotopic (exact) mass is 304 g/mol. The van der Waals surface area contributed by atoms with Gasteiger partial charge in [-0.1, -0.05) is 6.07 Å². The molecule has 5 nitrogen and oxygen atoms in total. The van der Waals surface area contributed by atoms with Crippen LogP contribution in [0.2, 0.25) is 0 Å². The first-order valence-electron chi connectivity index (χ1n) is 5.49. The lowest BCUT2D eigenvalue weighted by Gasteiger charge is -2.07. The average molecular weight is 304 g/mol. The second-order valence-electron chi connectivity index (χ2n) is 4.02. The fraction of sp³-hybridized carbons (Fsp3) is 0.417. The Balaban J connectivity index is 2.63. The fourth-order valence-electron chi connectivity index (χ4n) is 1.40. The van der Waals surface area contributed by atoms with Gasteiger partial charge in [-0.05, 0) is 17.7 Å². The maximum absolute atomic E-state index is 11.0. The highest BCUT2D eigenvalue weighted by atomic mass is 32.2. The molecular formula is C12H16O5S2. The highest BCUT2D eigenvalue weighted by Crippen LogP contribution is 2.23. The lowest BCUT2D eigenvalue weighted by atomic mass is 10.1. The zero-order chi connectivity index (χ0) is 14.5. The van der Waals surface area contributed by atoms with Crippen LogP contribution in [-0.4, -0.2) is 44.4 Å². The highest BCUT2D eigenvalue weighted by molar-refractivity contribution is 7.99. The minimum atomic E-state index is -2.93. The Bertz CT molecular complexity index is 551. The molecular weight excluding hydrogens is 288 g/mol. The van der Waals surface area contributed by atoms with E-state index in [0.29, 0.717) is 17.3 Å². The predicted octanol–water partition coefficient (Wildman–Crippen LogP) is 1.67. The number of aromatic carboxylic acids is 1. The van der Waals surface area contributed by atoms with E-state index in [2.05, 4.69) is 0 Å². The molecule has 0 heterocycles. The van der Waals surface area contributed by atoms with Gasteiger partial charge in [0.2, 0.25) is 0 Å². The Kier molecular flexibility index (Phi) is 5.68. The third-order valence-electron chi connectivity index (χ3n) is 2.36. The number of sulfone groups is 1. The smallest absolute Gasteiger partial charge is 0.339 e. The lowest BCUT2D eigenvalue weighted by molar-refractivity contribution is 0.0693. The molecule has 1 aromatic carbocycles. The van der Waals surface area contributed by atoms with E-state index in [0.717, 1.165) is 5.56 Å². The summed E-state index contributed by atoms with van der Waals surface area (Å²) in [4.78, 5) is 10.9. The third kappa shape index (κ3) is 5.52. The summed E-state index contributed by atoms with van der Waals surface area (Å²) in [5.41, 5.74) is 1.02. The van der Waals surface area contributed by atoms with Gasteiger partial charge < -0.3 is 9.84 Å². The molecule has 1 rings (SSSR count). The molecule has 0 saturated heterocycles. The number of methoxy groups -OCH3 is 1. The predicted molar refractivity (Wildman–Crippen MR) is 75.8 cm³/mol. The minimum Gasteiger partial charge on any atom is -0.496 e. The van der Waals surface area contributed by atoms with E-state index in [-0.39, 0.29) is 11.3 Å². The number of benzene rings is 1. The maximum atomic E-state index is 11.0. The van der Waals surface area contributed by atoms with E-state index in [9.17, 15) is 13.2 Å². The van der Waals surface area contributed by atoms with Crippen LogP contribution in [0.3, 0.4) is 0 Å². The summed E-state index contributed by atoms with van der Waals surface area (Å²) in [5.74, 6) is 0.553. The summed E-state index contributed by atoms with van der Waals surface area (Å²) in [6.07, 6.45) is 1.21. The second-order valence-corrected chi connectivity index (χ2v) is 7.39. The summed E-state index contributed by atoms with van der Waals surface area (Å²) in [5, 5.41) is 8.94. The van der Waals surface area contributed by atoms with E-state index >= 15 is 0 Å². The molecule has 0 aliphatic heterocycles. The molecule has 0 unspecified atom stereocenters. The Morgan fingerprint density at radius 2 is 2.11 bits per heavy atom. The number of carbonyl (C=O) groups is 1. The average Bonchev–Trinajstić information content (AvgIpc) is 2.33. The van der Waals surface area contributed by atoms with Crippen molar-refractivity contribution in [1.82, 2.24) is 0 Å². The van der Waals surface area contributed by atoms with Gasteiger partial charge in [0.15, 0.2) is 0 Å². The third-order valence-corrected chi connectivity index (χ3v) is 4.60. The van der Waals surface area contributed by atoms with Crippen molar-refractivity contribution in [2.75, 3.05) is 24.9 Å². The van der Waals surface area contributed by atoms with Gasteiger partial charge in [0.25, 0.3) is 0 Å². The van der Waals surface area contributed by atoms with Gasteiger partial charge in [-0.3, -0.25) is 0 Å². The van der Waals surface area contributed by atoms with E-state index < -0.39 is 15.8 Å². The maximum Gasteiger partial charge on any atom is 0.339 e. The Morgan fingerprint density at radius 1 is 1.42 bits per heavy atom. The number of hydrogen-bond acceptors (Lipinski definition) is 5. The SMILES string of the molecule is COc1cc(CSCCS(C)(=O)=O)ccc1C(=O)O. The van der Waals surface area contributed by atoms with Crippen LogP contribution in [0, 0.1) is 0 Å². The minimum absolute atomic E-state index is 0.118. The van der Waals surface area contributed by atoms with E-state index in [4.69, 9.17) is 9.84 Å². The molecule has 0 radical (unpaired) electrons. The number of thioether (sulfide) groups is 1. The molecule has 106 valence electrons. The van der Waals surface area contributed by atoms with Gasteiger partial charge in [-0.25, -0.2) is 13.2 Å². The standard InChI is InChI=1S/C12H16O5S2/c1-17-11-7-9(3-4-10(11)12(13)14)8-18-5-6-19(2,15)16/h3-4,7H,5-6,8H2,1-2H3,(H,13,14). The number of ether oxygens (including phenoxy) is 1. The normalized spacial score (nSPS) is 11.3. The summed E-state index contributed by atoms with van der Waals surface area (Å²) in [7, 11) is -1.51. The molecule has 0 aliphatic rings. The summed E-state index contributed by atoms with van der Waals surface area (Å²) < 4.78 is 26.9. The van der Waals surface area contributed by atoms with E-state index in [1.54, 1.807) is 12.1 Å². The van der Waals surface area contributed by atoms with Crippen molar-refractivity contribution in [1.29, 1.82) is 0 Å². The topological polar surface area (TPSA) is 80.7 Å². The second kappa shape index (κ2) is 6.81. The lowest BCUT2D eigenvalue weighted by Crippen LogP contribution is -2.05. The molecule has 0 fully saturated rings. The number of carboxylic acid groups (broad SMARTS) is 1. The van der Waals surface area contributed by atoms with Crippen molar-refractivity contribution in [2.24, 2.45) is 0 Å². The first-order valence-corrected chi connectivity index (χ1v) is 8.70. The van der Waals surface area contributed by atoms with Crippen molar-refractivity contribution in [3.05, 3.63) is 29.3 Å². The van der Waals surface area contributed by atoms with Crippen LogP contribution in [0.5, 0.6) is 5.75 Å². The summed E-state index contributed by atoms with van der Waals surface area (Å²) in [6.45, 7) is 0. The molecule has 1 aromatic rings. The Hall–Kier alpha value is -1.21. The van der Waals surface area contributed by atoms with Gasteiger partial charge in [-0.2, -0.15) is 11.8 Å². The number of rotatable bonds is 7. The first kappa shape index (κ1) is 15.8. The van der Waals surface area contributed by atoms with Crippen molar-refractivity contribution in [3.8, 4) is 5.75 Å². The van der Waals surface area contributed by atoms with E-state index in [1.165, 1.54) is 31.2 Å². The van der Waals surface area contributed by atoms with Crippen LogP contribution >= 0.6 is 11.8 Å². The Morgan fingerprint density at radius 3 is 2.63 bits per heavy atom. The van der Waals surface area contributed by atoms with E-state index in [1.807, 2.05) is 0 Å². The molecule has 19 heavy (non-hydrogen) atoms. The molecule has 0 aromatic heterocycles. The molecule has 0 bridgehead atoms. The van der Waals surface area contributed by atoms with Crippen LogP contribution in [0.1, 0.15) is 15.9 Å². The van der Waals surface area contributed by atoms with Gasteiger partial charge in [0.05, 0.1) is 12.9 Å². The highest BCUT2D eigenvalue weighted by Gasteiger charge is 2.11. The molecule has 1 N–H and O–H groups in total. The van der Waals surface area contributed by atoms with Crippen molar-refractivity contribution >= 4 is 27.6 Å². The number of hydrogen-bond donors (Lipinski definition) is 1. The quantitative estimate of drug-likeness (QED) is 0.772. The zero-order valence-corrected chi connectivity index (χ0v) is 12.4. The molecule has 0 amide bonds. The van der Waals surface area contributed by atoms with Crippen LogP contribution in [0.15, 0.2) is 18.2 Å². The van der Waals surface area contributed by atoms with Gasteiger partial charge in [-0.15, -0.1) is 0 Å². The van der Waals surface area contributed by atoms with Crippen molar-refractivity contribution in [2.45, 2.75) is 5.75 Å². The summed E-state index contributed by atoms with van der Waals surface area (Å²) >= 11 is 1.48. The van der Waals surface area contributed by atoms with Gasteiger partial charge in [0, 0.05) is 17.8 Å². The first-order chi connectivity index (χ1) is 8.83. The van der Waals surface area contributed by atoms with Crippen LogP contribution in [0.4, 0.5) is 0 Å².